The summed E-state index contributed by atoms with van der Waals surface area (Å²) in [5.74, 6) is -0.526. The summed E-state index contributed by atoms with van der Waals surface area (Å²) in [7, 11) is 3.95. The van der Waals surface area contributed by atoms with E-state index in [1.165, 1.54) is 6.07 Å². The molecule has 0 aliphatic heterocycles. The van der Waals surface area contributed by atoms with E-state index in [4.69, 9.17) is 23.2 Å². The number of amides is 1. The number of rotatable bonds is 5. The third-order valence-electron chi connectivity index (χ3n) is 4.26. The van der Waals surface area contributed by atoms with Gasteiger partial charge < -0.3 is 14.8 Å². The third-order valence-corrected chi connectivity index (χ3v) is 5.00. The fourth-order valence-corrected chi connectivity index (χ4v) is 3.03. The van der Waals surface area contributed by atoms with Gasteiger partial charge in [-0.15, -0.1) is 0 Å². The number of carbonyl (C=O) groups excluding carboxylic acids is 1. The lowest BCUT2D eigenvalue weighted by Crippen LogP contribution is -2.13. The average molecular weight is 425 g/mol. The summed E-state index contributed by atoms with van der Waals surface area (Å²) in [6.45, 7) is 0. The number of halogens is 2. The first-order valence-corrected chi connectivity index (χ1v) is 9.48. The molecule has 0 saturated carbocycles. The van der Waals surface area contributed by atoms with Gasteiger partial charge in [0.2, 0.25) is 0 Å². The van der Waals surface area contributed by atoms with Gasteiger partial charge in [-0.3, -0.25) is 4.79 Å². The van der Waals surface area contributed by atoms with Crippen molar-refractivity contribution < 1.29 is 4.79 Å². The highest BCUT2D eigenvalue weighted by molar-refractivity contribution is 6.42. The molecule has 3 aromatic rings. The molecular formula is C22H18Cl2N4O. The van der Waals surface area contributed by atoms with Crippen molar-refractivity contribution in [2.24, 2.45) is 0 Å². The Kier molecular flexibility index (Phi) is 6.28. The molecule has 0 aliphatic carbocycles. The minimum Gasteiger partial charge on any atom is -0.378 e. The first kappa shape index (κ1) is 20.5. The molecule has 1 aromatic heterocycles. The van der Waals surface area contributed by atoms with E-state index in [-0.39, 0.29) is 5.57 Å². The Labute approximate surface area is 179 Å². The standard InChI is InChI=1S/C22H18Cl2N4O/c1-27(2)17-6-8-18(9-7-17)28-11-3-4-19(28)12-15(14-25)22(29)26-16-5-10-20(23)21(24)13-16/h3-13H,1-2H3,(H,26,29)/b15-12-. The third kappa shape index (κ3) is 4.80. The highest BCUT2D eigenvalue weighted by atomic mass is 35.5. The molecule has 0 atom stereocenters. The highest BCUT2D eigenvalue weighted by Crippen LogP contribution is 2.25. The molecule has 1 amide bonds. The highest BCUT2D eigenvalue weighted by Gasteiger charge is 2.12. The Morgan fingerprint density at radius 1 is 1.10 bits per heavy atom. The van der Waals surface area contributed by atoms with Crippen LogP contribution in [0.3, 0.4) is 0 Å². The van der Waals surface area contributed by atoms with Crippen LogP contribution in [0.4, 0.5) is 11.4 Å². The minimum atomic E-state index is -0.526. The summed E-state index contributed by atoms with van der Waals surface area (Å²) >= 11 is 11.9. The predicted octanol–water partition coefficient (Wildman–Crippen LogP) is 5.40. The fourth-order valence-electron chi connectivity index (χ4n) is 2.73. The predicted molar refractivity (Wildman–Crippen MR) is 119 cm³/mol. The molecule has 0 saturated heterocycles. The molecule has 0 fully saturated rings. The SMILES string of the molecule is CN(C)c1ccc(-n2cccc2/C=C(/C#N)C(=O)Nc2ccc(Cl)c(Cl)c2)cc1. The maximum absolute atomic E-state index is 12.5. The Balaban J connectivity index is 1.86. The topological polar surface area (TPSA) is 61.1 Å². The number of nitrogens with zero attached hydrogens (tertiary/aromatic N) is 3. The van der Waals surface area contributed by atoms with Crippen molar-refractivity contribution >= 4 is 46.6 Å². The maximum Gasteiger partial charge on any atom is 0.266 e. The number of benzene rings is 2. The molecule has 1 N–H and O–H groups in total. The molecule has 0 radical (unpaired) electrons. The molecule has 1 heterocycles. The van der Waals surface area contributed by atoms with Crippen LogP contribution >= 0.6 is 23.2 Å². The molecule has 0 spiro atoms. The molecule has 29 heavy (non-hydrogen) atoms. The molecular weight excluding hydrogens is 407 g/mol. The van der Waals surface area contributed by atoms with Crippen LogP contribution < -0.4 is 10.2 Å². The van der Waals surface area contributed by atoms with Gasteiger partial charge >= 0.3 is 0 Å². The zero-order valence-corrected chi connectivity index (χ0v) is 17.4. The van der Waals surface area contributed by atoms with Crippen molar-refractivity contribution in [2.75, 3.05) is 24.3 Å². The lowest BCUT2D eigenvalue weighted by molar-refractivity contribution is -0.112. The zero-order chi connectivity index (χ0) is 21.0. The van der Waals surface area contributed by atoms with Crippen LogP contribution in [-0.4, -0.2) is 24.6 Å². The minimum absolute atomic E-state index is 0.0269. The number of aromatic nitrogens is 1. The fraction of sp³-hybridized carbons (Fsp3) is 0.0909. The largest absolute Gasteiger partial charge is 0.378 e. The molecule has 0 bridgehead atoms. The van der Waals surface area contributed by atoms with Crippen LogP contribution in [0.5, 0.6) is 0 Å². The number of nitrogens with one attached hydrogen (secondary N) is 1. The second-order valence-electron chi connectivity index (χ2n) is 6.47. The number of hydrogen-bond donors (Lipinski definition) is 1. The molecule has 146 valence electrons. The lowest BCUT2D eigenvalue weighted by Gasteiger charge is -2.14. The summed E-state index contributed by atoms with van der Waals surface area (Å²) in [6, 6.07) is 18.4. The van der Waals surface area contributed by atoms with Crippen LogP contribution in [0.2, 0.25) is 10.0 Å². The monoisotopic (exact) mass is 424 g/mol. The van der Waals surface area contributed by atoms with E-state index >= 15 is 0 Å². The molecule has 3 rings (SSSR count). The second-order valence-corrected chi connectivity index (χ2v) is 7.28. The first-order chi connectivity index (χ1) is 13.9. The van der Waals surface area contributed by atoms with E-state index in [0.29, 0.717) is 21.4 Å². The van der Waals surface area contributed by atoms with Crippen molar-refractivity contribution in [3.8, 4) is 11.8 Å². The summed E-state index contributed by atoms with van der Waals surface area (Å²) in [5.41, 5.74) is 3.15. The normalized spacial score (nSPS) is 11.1. The molecule has 0 aliphatic rings. The van der Waals surface area contributed by atoms with Gasteiger partial charge in [0.25, 0.3) is 5.91 Å². The van der Waals surface area contributed by atoms with Gasteiger partial charge in [-0.1, -0.05) is 23.2 Å². The number of anilines is 2. The van der Waals surface area contributed by atoms with Gasteiger partial charge in [0.05, 0.1) is 10.0 Å². The van der Waals surface area contributed by atoms with Crippen LogP contribution in [0, 0.1) is 11.3 Å². The first-order valence-electron chi connectivity index (χ1n) is 8.72. The van der Waals surface area contributed by atoms with Crippen molar-refractivity contribution in [3.05, 3.63) is 82.1 Å². The van der Waals surface area contributed by atoms with Gasteiger partial charge in [-0.05, 0) is 60.7 Å². The van der Waals surface area contributed by atoms with E-state index in [1.54, 1.807) is 18.2 Å². The number of nitriles is 1. The molecule has 2 aromatic carbocycles. The van der Waals surface area contributed by atoms with E-state index in [9.17, 15) is 10.1 Å². The number of carbonyl (C=O) groups is 1. The zero-order valence-electron chi connectivity index (χ0n) is 15.9. The average Bonchev–Trinajstić information content (AvgIpc) is 3.17. The van der Waals surface area contributed by atoms with Crippen molar-refractivity contribution in [2.45, 2.75) is 0 Å². The van der Waals surface area contributed by atoms with Crippen molar-refractivity contribution in [3.63, 3.8) is 0 Å². The van der Waals surface area contributed by atoms with Crippen LogP contribution in [0.1, 0.15) is 5.69 Å². The maximum atomic E-state index is 12.5. The summed E-state index contributed by atoms with van der Waals surface area (Å²) in [5, 5.41) is 12.9. The van der Waals surface area contributed by atoms with E-state index in [2.05, 4.69) is 5.32 Å². The molecule has 5 nitrogen and oxygen atoms in total. The van der Waals surface area contributed by atoms with E-state index < -0.39 is 5.91 Å². The molecule has 7 heteroatoms. The van der Waals surface area contributed by atoms with Gasteiger partial charge in [0.15, 0.2) is 0 Å². The van der Waals surface area contributed by atoms with Gasteiger partial charge in [0, 0.05) is 43.0 Å². The van der Waals surface area contributed by atoms with Gasteiger partial charge in [0.1, 0.15) is 11.6 Å². The van der Waals surface area contributed by atoms with Crippen molar-refractivity contribution in [1.29, 1.82) is 5.26 Å². The summed E-state index contributed by atoms with van der Waals surface area (Å²) < 4.78 is 1.91. The van der Waals surface area contributed by atoms with Crippen LogP contribution in [-0.2, 0) is 4.79 Å². The Bertz CT molecular complexity index is 1110. The quantitative estimate of drug-likeness (QED) is 0.440. The van der Waals surface area contributed by atoms with E-state index in [1.807, 2.05) is 72.2 Å². The Hall–Kier alpha value is -3.20. The second kappa shape index (κ2) is 8.87. The summed E-state index contributed by atoms with van der Waals surface area (Å²) in [6.07, 6.45) is 3.43. The van der Waals surface area contributed by atoms with Gasteiger partial charge in [-0.25, -0.2) is 0 Å². The molecule has 0 unspecified atom stereocenters. The lowest BCUT2D eigenvalue weighted by atomic mass is 10.2. The Morgan fingerprint density at radius 2 is 1.83 bits per heavy atom. The van der Waals surface area contributed by atoms with Crippen molar-refractivity contribution in [1.82, 2.24) is 4.57 Å². The summed E-state index contributed by atoms with van der Waals surface area (Å²) in [4.78, 5) is 14.6. The number of hydrogen-bond acceptors (Lipinski definition) is 3. The van der Waals surface area contributed by atoms with Gasteiger partial charge in [-0.2, -0.15) is 5.26 Å². The smallest absolute Gasteiger partial charge is 0.266 e. The van der Waals surface area contributed by atoms with Crippen LogP contribution in [0.25, 0.3) is 11.8 Å². The Morgan fingerprint density at radius 3 is 2.45 bits per heavy atom. The van der Waals surface area contributed by atoms with E-state index in [0.717, 1.165) is 11.4 Å². The van der Waals surface area contributed by atoms with Crippen LogP contribution in [0.15, 0.2) is 66.4 Å².